The summed E-state index contributed by atoms with van der Waals surface area (Å²) >= 11 is 0. The number of halogens is 3. The lowest BCUT2D eigenvalue weighted by Crippen LogP contribution is -2.48. The largest absolute Gasteiger partial charge is 0.416 e. The van der Waals surface area contributed by atoms with Crippen LogP contribution in [0.5, 0.6) is 0 Å². The van der Waals surface area contributed by atoms with Crippen molar-refractivity contribution in [3.05, 3.63) is 70.8 Å². The molecule has 0 radical (unpaired) electrons. The van der Waals surface area contributed by atoms with Crippen molar-refractivity contribution in [1.29, 1.82) is 0 Å². The van der Waals surface area contributed by atoms with Gasteiger partial charge in [-0.15, -0.1) is 0 Å². The summed E-state index contributed by atoms with van der Waals surface area (Å²) in [6, 6.07) is 12.5. The molecule has 2 aromatic carbocycles. The molecule has 2 amide bonds. The summed E-state index contributed by atoms with van der Waals surface area (Å²) in [5.41, 5.74) is 0.856. The number of aryl methyl sites for hydroxylation is 1. The van der Waals surface area contributed by atoms with Crippen molar-refractivity contribution < 1.29 is 22.8 Å². The first kappa shape index (κ1) is 20.4. The van der Waals surface area contributed by atoms with Crippen LogP contribution in [0.3, 0.4) is 0 Å². The second kappa shape index (κ2) is 7.45. The third-order valence-electron chi connectivity index (χ3n) is 6.53. The molecule has 2 aromatic rings. The molecule has 1 unspecified atom stereocenters. The van der Waals surface area contributed by atoms with Crippen LogP contribution in [0.1, 0.15) is 45.8 Å². The molecule has 1 N–H and O–H groups in total. The summed E-state index contributed by atoms with van der Waals surface area (Å²) in [5.74, 6) is -0.402. The smallest absolute Gasteiger partial charge is 0.355 e. The van der Waals surface area contributed by atoms with E-state index in [2.05, 4.69) is 5.32 Å². The maximum absolute atomic E-state index is 13.0. The number of nitrogens with one attached hydrogen (secondary N) is 1. The van der Waals surface area contributed by atoms with Crippen molar-refractivity contribution in [2.45, 2.75) is 31.9 Å². The van der Waals surface area contributed by atoms with E-state index < -0.39 is 23.1 Å². The minimum Gasteiger partial charge on any atom is -0.355 e. The molecule has 0 saturated carbocycles. The number of carbonyl (C=O) groups excluding carboxylic acids is 2. The van der Waals surface area contributed by atoms with Gasteiger partial charge >= 0.3 is 6.18 Å². The summed E-state index contributed by atoms with van der Waals surface area (Å²) in [5, 5.41) is 2.99. The first-order valence-corrected chi connectivity index (χ1v) is 10.0. The van der Waals surface area contributed by atoms with Crippen LogP contribution in [0.15, 0.2) is 48.5 Å². The lowest BCUT2D eigenvalue weighted by molar-refractivity contribution is -0.137. The van der Waals surface area contributed by atoms with Crippen molar-refractivity contribution in [2.24, 2.45) is 5.41 Å². The van der Waals surface area contributed by atoms with Crippen molar-refractivity contribution in [3.63, 3.8) is 0 Å². The van der Waals surface area contributed by atoms with Crippen molar-refractivity contribution in [3.8, 4) is 0 Å². The summed E-state index contributed by atoms with van der Waals surface area (Å²) in [6.07, 6.45) is -3.52. The SMILES string of the molecule is Cc1ccccc1C1CNC(=O)C12CCN(C(=O)c1cccc(C(F)(F)F)c1)CC2. The van der Waals surface area contributed by atoms with E-state index in [1.807, 2.05) is 31.2 Å². The Bertz CT molecular complexity index is 978. The van der Waals surface area contributed by atoms with Gasteiger partial charge in [-0.05, 0) is 49.1 Å². The van der Waals surface area contributed by atoms with Crippen LogP contribution in [0, 0.1) is 12.3 Å². The summed E-state index contributed by atoms with van der Waals surface area (Å²) < 4.78 is 39.0. The van der Waals surface area contributed by atoms with Gasteiger partial charge in [0.25, 0.3) is 5.91 Å². The lowest BCUT2D eigenvalue weighted by atomic mass is 9.67. The first-order valence-electron chi connectivity index (χ1n) is 10.0. The number of amides is 2. The molecule has 0 aromatic heterocycles. The topological polar surface area (TPSA) is 49.4 Å². The van der Waals surface area contributed by atoms with Gasteiger partial charge in [0.15, 0.2) is 0 Å². The molecule has 4 rings (SSSR count). The highest BCUT2D eigenvalue weighted by Crippen LogP contribution is 2.48. The molecule has 2 aliphatic rings. The van der Waals surface area contributed by atoms with E-state index in [-0.39, 0.29) is 17.4 Å². The van der Waals surface area contributed by atoms with Gasteiger partial charge in [-0.25, -0.2) is 0 Å². The number of rotatable bonds is 2. The summed E-state index contributed by atoms with van der Waals surface area (Å²) in [7, 11) is 0. The zero-order valence-corrected chi connectivity index (χ0v) is 16.6. The molecule has 2 fully saturated rings. The number of nitrogens with zero attached hydrogens (tertiary/aromatic N) is 1. The Morgan fingerprint density at radius 1 is 1.10 bits per heavy atom. The molecule has 0 aliphatic carbocycles. The van der Waals surface area contributed by atoms with E-state index in [4.69, 9.17) is 0 Å². The lowest BCUT2D eigenvalue weighted by Gasteiger charge is -2.41. The number of benzene rings is 2. The highest BCUT2D eigenvalue weighted by atomic mass is 19.4. The van der Waals surface area contributed by atoms with Gasteiger partial charge in [-0.2, -0.15) is 13.2 Å². The van der Waals surface area contributed by atoms with Crippen LogP contribution in [-0.2, 0) is 11.0 Å². The van der Waals surface area contributed by atoms with Crippen molar-refractivity contribution in [1.82, 2.24) is 10.2 Å². The molecule has 1 spiro atoms. The summed E-state index contributed by atoms with van der Waals surface area (Å²) in [6.45, 7) is 3.26. The minimum atomic E-state index is -4.50. The van der Waals surface area contributed by atoms with Gasteiger partial charge in [0.1, 0.15) is 0 Å². The summed E-state index contributed by atoms with van der Waals surface area (Å²) in [4.78, 5) is 27.2. The molecule has 7 heteroatoms. The van der Waals surface area contributed by atoms with Gasteiger partial charge in [0.2, 0.25) is 5.91 Å². The molecule has 0 bridgehead atoms. The Labute approximate surface area is 173 Å². The Balaban J connectivity index is 1.53. The van der Waals surface area contributed by atoms with E-state index in [1.165, 1.54) is 12.1 Å². The van der Waals surface area contributed by atoms with E-state index in [9.17, 15) is 22.8 Å². The van der Waals surface area contributed by atoms with Crippen molar-refractivity contribution >= 4 is 11.8 Å². The zero-order valence-electron chi connectivity index (χ0n) is 16.6. The number of piperidine rings is 1. The van der Waals surface area contributed by atoms with E-state index >= 15 is 0 Å². The number of likely N-dealkylation sites (tertiary alicyclic amines) is 1. The van der Waals surface area contributed by atoms with Gasteiger partial charge < -0.3 is 10.2 Å². The van der Waals surface area contributed by atoms with Crippen LogP contribution < -0.4 is 5.32 Å². The standard InChI is InChI=1S/C23H23F3N2O2/c1-15-5-2-3-8-18(15)19-14-27-21(30)22(19)9-11-28(12-10-22)20(29)16-6-4-7-17(13-16)23(24,25)26/h2-8,13,19H,9-12,14H2,1H3,(H,27,30). The van der Waals surface area contributed by atoms with Crippen molar-refractivity contribution in [2.75, 3.05) is 19.6 Å². The van der Waals surface area contributed by atoms with E-state index in [0.717, 1.165) is 23.3 Å². The fraction of sp³-hybridized carbons (Fsp3) is 0.391. The fourth-order valence-electron chi connectivity index (χ4n) is 4.81. The molecule has 4 nitrogen and oxygen atoms in total. The van der Waals surface area contributed by atoms with E-state index in [1.54, 1.807) is 4.90 Å². The normalized spacial score (nSPS) is 21.0. The molecule has 2 heterocycles. The molecular formula is C23H23F3N2O2. The Hall–Kier alpha value is -2.83. The maximum Gasteiger partial charge on any atom is 0.416 e. The van der Waals surface area contributed by atoms with Gasteiger partial charge in [-0.3, -0.25) is 9.59 Å². The number of hydrogen-bond donors (Lipinski definition) is 1. The number of hydrogen-bond acceptors (Lipinski definition) is 2. The second-order valence-corrected chi connectivity index (χ2v) is 8.15. The van der Waals surface area contributed by atoms with Crippen LogP contribution in [0.2, 0.25) is 0 Å². The van der Waals surface area contributed by atoms with Crippen LogP contribution in [0.25, 0.3) is 0 Å². The van der Waals surface area contributed by atoms with Gasteiger partial charge in [0, 0.05) is 31.1 Å². The highest BCUT2D eigenvalue weighted by molar-refractivity contribution is 5.95. The minimum absolute atomic E-state index is 0.00178. The zero-order chi connectivity index (χ0) is 21.5. The molecule has 1 atom stereocenters. The second-order valence-electron chi connectivity index (χ2n) is 8.15. The fourth-order valence-corrected chi connectivity index (χ4v) is 4.81. The molecule has 2 aliphatic heterocycles. The quantitative estimate of drug-likeness (QED) is 0.800. The first-order chi connectivity index (χ1) is 14.2. The van der Waals surface area contributed by atoms with Gasteiger partial charge in [-0.1, -0.05) is 30.3 Å². The monoisotopic (exact) mass is 416 g/mol. The molecule has 30 heavy (non-hydrogen) atoms. The Morgan fingerprint density at radius 3 is 2.47 bits per heavy atom. The predicted molar refractivity (Wildman–Crippen MR) is 106 cm³/mol. The molecule has 2 saturated heterocycles. The van der Waals surface area contributed by atoms with Gasteiger partial charge in [0.05, 0.1) is 11.0 Å². The third-order valence-corrected chi connectivity index (χ3v) is 6.53. The molecule has 158 valence electrons. The highest BCUT2D eigenvalue weighted by Gasteiger charge is 2.52. The average molecular weight is 416 g/mol. The van der Waals surface area contributed by atoms with Crippen LogP contribution in [0.4, 0.5) is 13.2 Å². The van der Waals surface area contributed by atoms with Crippen LogP contribution in [-0.4, -0.2) is 36.3 Å². The number of alkyl halides is 3. The average Bonchev–Trinajstić information content (AvgIpc) is 3.03. The molecular weight excluding hydrogens is 393 g/mol. The Kier molecular flexibility index (Phi) is 5.08. The maximum atomic E-state index is 13.0. The van der Waals surface area contributed by atoms with E-state index in [0.29, 0.717) is 32.5 Å². The Morgan fingerprint density at radius 2 is 1.80 bits per heavy atom. The predicted octanol–water partition coefficient (Wildman–Crippen LogP) is 4.15. The third kappa shape index (κ3) is 3.46. The van der Waals surface area contributed by atoms with Crippen LogP contribution >= 0.6 is 0 Å². The number of carbonyl (C=O) groups is 2.